The number of amides is 1. The first-order valence-corrected chi connectivity index (χ1v) is 13.7. The summed E-state index contributed by atoms with van der Waals surface area (Å²) < 4.78 is 5.79. The van der Waals surface area contributed by atoms with E-state index in [4.69, 9.17) is 4.74 Å². The molecule has 0 spiro atoms. The number of hydrogen-bond acceptors (Lipinski definition) is 6. The Morgan fingerprint density at radius 1 is 0.949 bits per heavy atom. The number of nitrogens with zero attached hydrogens (tertiary/aromatic N) is 3. The lowest BCUT2D eigenvalue weighted by atomic mass is 9.95. The molecule has 3 aromatic rings. The summed E-state index contributed by atoms with van der Waals surface area (Å²) in [7, 11) is 0. The minimum absolute atomic E-state index is 0.0723. The van der Waals surface area contributed by atoms with Crippen molar-refractivity contribution < 1.29 is 19.4 Å². The van der Waals surface area contributed by atoms with E-state index in [1.807, 2.05) is 36.4 Å². The number of hydrogen-bond donors (Lipinski definition) is 1. The van der Waals surface area contributed by atoms with Crippen molar-refractivity contribution in [2.75, 3.05) is 24.6 Å². The van der Waals surface area contributed by atoms with Gasteiger partial charge in [-0.2, -0.15) is 0 Å². The first kappa shape index (κ1) is 27.9. The van der Waals surface area contributed by atoms with Crippen molar-refractivity contribution in [3.63, 3.8) is 0 Å². The van der Waals surface area contributed by atoms with E-state index in [-0.39, 0.29) is 17.9 Å². The summed E-state index contributed by atoms with van der Waals surface area (Å²) in [4.78, 5) is 34.8. The summed E-state index contributed by atoms with van der Waals surface area (Å²) in [6.07, 6.45) is 4.86. The molecule has 1 amide bonds. The molecule has 1 aliphatic rings. The molecule has 0 saturated carbocycles. The van der Waals surface area contributed by atoms with Crippen LogP contribution in [0.2, 0.25) is 0 Å². The van der Waals surface area contributed by atoms with Crippen LogP contribution in [0.4, 0.5) is 5.69 Å². The van der Waals surface area contributed by atoms with Gasteiger partial charge in [0.2, 0.25) is 0 Å². The number of Topliss-reactive ketones (excluding diaryl/α,β-unsaturated/α-hetero) is 1. The molecule has 2 aromatic carbocycles. The number of benzene rings is 2. The molecule has 1 atom stereocenters. The zero-order valence-corrected chi connectivity index (χ0v) is 23.0. The Balaban J connectivity index is 1.71. The van der Waals surface area contributed by atoms with Crippen LogP contribution in [0.1, 0.15) is 62.9 Å². The molecule has 1 saturated heterocycles. The second kappa shape index (κ2) is 13.1. The third-order valence-electron chi connectivity index (χ3n) is 7.08. The van der Waals surface area contributed by atoms with Crippen molar-refractivity contribution in [3.8, 4) is 5.75 Å². The fourth-order valence-corrected chi connectivity index (χ4v) is 4.92. The van der Waals surface area contributed by atoms with Crippen LogP contribution in [-0.2, 0) is 16.1 Å². The van der Waals surface area contributed by atoms with E-state index in [0.717, 1.165) is 43.6 Å². The number of ether oxygens (including phenoxy) is 1. The molecular weight excluding hydrogens is 490 g/mol. The van der Waals surface area contributed by atoms with Gasteiger partial charge in [-0.25, -0.2) is 0 Å². The Morgan fingerprint density at radius 2 is 1.67 bits per heavy atom. The number of unbranched alkanes of at least 4 members (excludes halogenated alkanes) is 2. The van der Waals surface area contributed by atoms with E-state index in [0.29, 0.717) is 23.6 Å². The highest BCUT2D eigenvalue weighted by molar-refractivity contribution is 6.46. The van der Waals surface area contributed by atoms with Gasteiger partial charge in [-0.05, 0) is 74.4 Å². The third kappa shape index (κ3) is 6.30. The van der Waals surface area contributed by atoms with Gasteiger partial charge in [0.05, 0.1) is 30.5 Å². The maximum atomic E-state index is 13.4. The largest absolute Gasteiger partial charge is 0.507 e. The predicted octanol–water partition coefficient (Wildman–Crippen LogP) is 6.12. The number of anilines is 1. The second-order valence-corrected chi connectivity index (χ2v) is 9.59. The monoisotopic (exact) mass is 527 g/mol. The maximum Gasteiger partial charge on any atom is 0.296 e. The van der Waals surface area contributed by atoms with E-state index in [1.165, 1.54) is 4.90 Å². The van der Waals surface area contributed by atoms with Gasteiger partial charge in [-0.3, -0.25) is 14.6 Å². The van der Waals surface area contributed by atoms with Crippen LogP contribution < -0.4 is 9.64 Å². The van der Waals surface area contributed by atoms with Crippen LogP contribution in [0.15, 0.2) is 78.5 Å². The van der Waals surface area contributed by atoms with Crippen molar-refractivity contribution in [2.24, 2.45) is 0 Å². The van der Waals surface area contributed by atoms with Crippen molar-refractivity contribution in [3.05, 3.63) is 95.3 Å². The third-order valence-corrected chi connectivity index (χ3v) is 7.08. The van der Waals surface area contributed by atoms with Gasteiger partial charge in [0, 0.05) is 30.5 Å². The lowest BCUT2D eigenvalue weighted by Gasteiger charge is -2.26. The highest BCUT2D eigenvalue weighted by Gasteiger charge is 2.46. The molecule has 7 heteroatoms. The van der Waals surface area contributed by atoms with Crippen LogP contribution in [0, 0.1) is 0 Å². The van der Waals surface area contributed by atoms with Crippen molar-refractivity contribution in [1.29, 1.82) is 0 Å². The molecule has 1 fully saturated rings. The van der Waals surface area contributed by atoms with E-state index >= 15 is 0 Å². The van der Waals surface area contributed by atoms with Crippen molar-refractivity contribution in [1.82, 2.24) is 9.88 Å². The number of carbonyl (C=O) groups is 2. The molecule has 0 radical (unpaired) electrons. The van der Waals surface area contributed by atoms with E-state index in [2.05, 4.69) is 30.7 Å². The Morgan fingerprint density at radius 3 is 2.28 bits per heavy atom. The van der Waals surface area contributed by atoms with Crippen LogP contribution in [0.5, 0.6) is 5.75 Å². The number of ketones is 1. The number of aliphatic hydroxyl groups is 1. The molecule has 0 bridgehead atoms. The second-order valence-electron chi connectivity index (χ2n) is 9.59. The smallest absolute Gasteiger partial charge is 0.296 e. The molecule has 1 unspecified atom stereocenters. The Hall–Kier alpha value is -4.13. The molecular formula is C32H37N3O4. The first-order chi connectivity index (χ1) is 19.0. The van der Waals surface area contributed by atoms with Gasteiger partial charge in [0.15, 0.2) is 0 Å². The SMILES string of the molecule is CCCCCOc1ccc(/C(O)=C2/C(=O)C(=O)N(Cc3ccccn3)C2c2ccc(N(CC)CC)cc2)cc1. The maximum absolute atomic E-state index is 13.4. The topological polar surface area (TPSA) is 83.0 Å². The van der Waals surface area contributed by atoms with Crippen LogP contribution in [0.3, 0.4) is 0 Å². The number of carbonyl (C=O) groups excluding carboxylic acids is 2. The van der Waals surface area contributed by atoms with Crippen LogP contribution in [0.25, 0.3) is 5.76 Å². The fourth-order valence-electron chi connectivity index (χ4n) is 4.92. The van der Waals surface area contributed by atoms with Crippen molar-refractivity contribution in [2.45, 2.75) is 52.6 Å². The number of pyridine rings is 1. The number of likely N-dealkylation sites (tertiary alicyclic amines) is 1. The zero-order valence-electron chi connectivity index (χ0n) is 23.0. The lowest BCUT2D eigenvalue weighted by molar-refractivity contribution is -0.140. The highest BCUT2D eigenvalue weighted by Crippen LogP contribution is 2.40. The summed E-state index contributed by atoms with van der Waals surface area (Å²) in [6.45, 7) is 8.85. The standard InChI is InChI=1S/C32H37N3O4/c1-4-7-10-21-39-27-18-14-24(15-19-27)30(36)28-29(23-12-16-26(17-13-23)34(5-2)6-3)35(32(38)31(28)37)22-25-11-8-9-20-33-25/h8-9,11-20,29,36H,4-7,10,21-22H2,1-3H3/b30-28-. The van der Waals surface area contributed by atoms with Gasteiger partial charge >= 0.3 is 0 Å². The van der Waals surface area contributed by atoms with Crippen LogP contribution >= 0.6 is 0 Å². The normalized spacial score (nSPS) is 16.5. The summed E-state index contributed by atoms with van der Waals surface area (Å²) >= 11 is 0. The van der Waals surface area contributed by atoms with Gasteiger partial charge < -0.3 is 19.6 Å². The predicted molar refractivity (Wildman–Crippen MR) is 154 cm³/mol. The molecule has 7 nitrogen and oxygen atoms in total. The highest BCUT2D eigenvalue weighted by atomic mass is 16.5. The molecule has 1 aliphatic heterocycles. The van der Waals surface area contributed by atoms with Gasteiger partial charge in [-0.15, -0.1) is 0 Å². The minimum Gasteiger partial charge on any atom is -0.507 e. The first-order valence-electron chi connectivity index (χ1n) is 13.7. The Kier molecular flexibility index (Phi) is 9.36. The van der Waals surface area contributed by atoms with E-state index in [9.17, 15) is 14.7 Å². The Labute approximate surface area is 230 Å². The van der Waals surface area contributed by atoms with Crippen molar-refractivity contribution >= 4 is 23.1 Å². The summed E-state index contributed by atoms with van der Waals surface area (Å²) in [5.41, 5.74) is 2.99. The molecule has 4 rings (SSSR count). The number of aromatic nitrogens is 1. The molecule has 1 aromatic heterocycles. The Bertz CT molecular complexity index is 1280. The lowest BCUT2D eigenvalue weighted by Crippen LogP contribution is -2.29. The quantitative estimate of drug-likeness (QED) is 0.132. The summed E-state index contributed by atoms with van der Waals surface area (Å²) in [5, 5.41) is 11.4. The molecule has 1 N–H and O–H groups in total. The van der Waals surface area contributed by atoms with Gasteiger partial charge in [-0.1, -0.05) is 38.0 Å². The summed E-state index contributed by atoms with van der Waals surface area (Å²) in [5.74, 6) is -0.869. The van der Waals surface area contributed by atoms with Gasteiger partial charge in [0.1, 0.15) is 11.5 Å². The molecule has 204 valence electrons. The number of rotatable bonds is 12. The molecule has 2 heterocycles. The molecule has 39 heavy (non-hydrogen) atoms. The van der Waals surface area contributed by atoms with E-state index in [1.54, 1.807) is 36.5 Å². The average Bonchev–Trinajstić information content (AvgIpc) is 3.22. The molecule has 0 aliphatic carbocycles. The van der Waals surface area contributed by atoms with Crippen LogP contribution in [-0.4, -0.2) is 46.4 Å². The van der Waals surface area contributed by atoms with Gasteiger partial charge in [0.25, 0.3) is 11.7 Å². The average molecular weight is 528 g/mol. The zero-order chi connectivity index (χ0) is 27.8. The number of aliphatic hydroxyl groups excluding tert-OH is 1. The minimum atomic E-state index is -0.747. The summed E-state index contributed by atoms with van der Waals surface area (Å²) in [6, 6.07) is 19.6. The van der Waals surface area contributed by atoms with E-state index < -0.39 is 17.7 Å². The fraction of sp³-hybridized carbons (Fsp3) is 0.344.